The quantitative estimate of drug-likeness (QED) is 0.0570. The Morgan fingerprint density at radius 3 is 2.54 bits per heavy atom. The third kappa shape index (κ3) is 5.64. The summed E-state index contributed by atoms with van der Waals surface area (Å²) in [7, 11) is 0. The summed E-state index contributed by atoms with van der Waals surface area (Å²) < 4.78 is 0. The van der Waals surface area contributed by atoms with Gasteiger partial charge in [-0.05, 0) is 0 Å². The van der Waals surface area contributed by atoms with E-state index in [4.69, 9.17) is 16.9 Å². The number of carboxylic acids is 1. The molecule has 3 aliphatic heterocycles. The zero-order valence-corrected chi connectivity index (χ0v) is 21.9. The van der Waals surface area contributed by atoms with Gasteiger partial charge in [-0.1, -0.05) is 5.16 Å². The Hall–Kier alpha value is -4.23. The van der Waals surface area contributed by atoms with Crippen molar-refractivity contribution in [2.45, 2.75) is 11.4 Å². The molecule has 1 aromatic rings. The number of guanidine groups is 1. The molecule has 39 heavy (non-hydrogen) atoms. The highest BCUT2D eigenvalue weighted by Crippen LogP contribution is 2.39. The van der Waals surface area contributed by atoms with Gasteiger partial charge in [-0.15, -0.1) is 23.1 Å². The summed E-state index contributed by atoms with van der Waals surface area (Å²) in [6.45, 7) is 1.55. The molecule has 2 saturated heterocycles. The normalized spacial score (nSPS) is 21.5. The number of nitrogens with one attached hydrogen (secondary N) is 3. The number of nitrogen functional groups attached to an aromatic ring is 1. The summed E-state index contributed by atoms with van der Waals surface area (Å²) in [5, 5.41) is 37.5. The highest BCUT2D eigenvalue weighted by atomic mass is 32.2. The van der Waals surface area contributed by atoms with Gasteiger partial charge in [0, 0.05) is 42.9 Å². The highest BCUT2D eigenvalue weighted by Gasteiger charge is 2.54. The van der Waals surface area contributed by atoms with E-state index >= 15 is 0 Å². The average Bonchev–Trinajstić information content (AvgIpc) is 3.36. The number of thiazole rings is 1. The predicted molar refractivity (Wildman–Crippen MR) is 141 cm³/mol. The molecule has 0 spiro atoms. The van der Waals surface area contributed by atoms with Crippen LogP contribution in [0.4, 0.5) is 5.13 Å². The Morgan fingerprint density at radius 2 is 1.95 bits per heavy atom. The van der Waals surface area contributed by atoms with Gasteiger partial charge in [0.05, 0.1) is 12.8 Å². The number of oxime groups is 1. The molecule has 17 nitrogen and oxygen atoms in total. The molecule has 19 heteroatoms. The molecule has 3 amide bonds. The van der Waals surface area contributed by atoms with Crippen molar-refractivity contribution in [3.05, 3.63) is 22.3 Å². The topological polar surface area (TPSA) is 256 Å². The van der Waals surface area contributed by atoms with E-state index in [0.29, 0.717) is 26.2 Å². The molecule has 0 aliphatic carbocycles. The number of thioether (sulfide) groups is 1. The summed E-state index contributed by atoms with van der Waals surface area (Å²) in [5.41, 5.74) is 13.0. The number of amides is 3. The van der Waals surface area contributed by atoms with E-state index in [1.165, 1.54) is 23.4 Å². The van der Waals surface area contributed by atoms with E-state index in [-0.39, 0.29) is 46.3 Å². The van der Waals surface area contributed by atoms with Crippen molar-refractivity contribution in [3.63, 3.8) is 0 Å². The molecule has 0 bridgehead atoms. The predicted octanol–water partition coefficient (Wildman–Crippen LogP) is -2.74. The van der Waals surface area contributed by atoms with Crippen LogP contribution in [0.25, 0.3) is 0 Å². The van der Waals surface area contributed by atoms with Crippen LogP contribution in [-0.4, -0.2) is 121 Å². The summed E-state index contributed by atoms with van der Waals surface area (Å²) in [6, 6.07) is -1.06. The molecule has 0 saturated carbocycles. The average molecular weight is 580 g/mol. The number of hydrogen-bond acceptors (Lipinski definition) is 13. The van der Waals surface area contributed by atoms with Crippen LogP contribution >= 0.6 is 23.1 Å². The van der Waals surface area contributed by atoms with E-state index < -0.39 is 34.9 Å². The van der Waals surface area contributed by atoms with Gasteiger partial charge < -0.3 is 36.9 Å². The zero-order valence-electron chi connectivity index (χ0n) is 20.2. The van der Waals surface area contributed by atoms with E-state index in [1.54, 1.807) is 9.80 Å². The highest BCUT2D eigenvalue weighted by molar-refractivity contribution is 8.00. The van der Waals surface area contributed by atoms with Crippen molar-refractivity contribution in [1.29, 1.82) is 5.41 Å². The number of anilines is 1. The number of aromatic nitrogens is 1. The standard InChI is InChI=1S/C20H25N11O6S2/c21-5-11(32)29-1-3-30(4-2-29)19(22)27-24-6-9-7-38-17-13(16(34)31(17)14(9)18(35)36)26-15(33)12(28-37)10-8-39-20(23)25-10/h6,8,13,17,37H,1-5,7,21H2,(H2,22,27)(H2,23,25)(H,26,33)(H,35,36)/b24-6-,28-12?/t13-,17-/m1/s1. The molecule has 0 aromatic carbocycles. The van der Waals surface area contributed by atoms with Crippen molar-refractivity contribution >= 4 is 69.8 Å². The first-order valence-electron chi connectivity index (χ1n) is 11.4. The molecule has 1 aromatic heterocycles. The Morgan fingerprint density at radius 1 is 1.26 bits per heavy atom. The van der Waals surface area contributed by atoms with Crippen molar-refractivity contribution in [2.24, 2.45) is 16.0 Å². The fraction of sp³-hybridized carbons (Fsp3) is 0.400. The number of nitrogens with two attached hydrogens (primary N) is 2. The Labute approximate surface area is 229 Å². The molecule has 0 radical (unpaired) electrons. The molecule has 9 N–H and O–H groups in total. The minimum atomic E-state index is -1.36. The number of rotatable bonds is 7. The molecule has 0 unspecified atom stereocenters. The van der Waals surface area contributed by atoms with Gasteiger partial charge in [-0.2, -0.15) is 5.10 Å². The lowest BCUT2D eigenvalue weighted by molar-refractivity contribution is -0.150. The fourth-order valence-corrected chi connectivity index (χ4v) is 5.96. The maximum Gasteiger partial charge on any atom is 0.353 e. The van der Waals surface area contributed by atoms with Gasteiger partial charge in [0.25, 0.3) is 11.8 Å². The first-order chi connectivity index (χ1) is 18.7. The molecule has 4 heterocycles. The Balaban J connectivity index is 1.38. The van der Waals surface area contributed by atoms with Crippen LogP contribution in [0.3, 0.4) is 0 Å². The van der Waals surface area contributed by atoms with Gasteiger partial charge in [0.15, 0.2) is 10.8 Å². The third-order valence-corrected chi connectivity index (χ3v) is 8.06. The maximum atomic E-state index is 12.9. The van der Waals surface area contributed by atoms with Crippen molar-refractivity contribution in [1.82, 2.24) is 30.4 Å². The van der Waals surface area contributed by atoms with E-state index in [9.17, 15) is 29.5 Å². The number of aliphatic carboxylic acids is 1. The molecule has 208 valence electrons. The van der Waals surface area contributed by atoms with Crippen LogP contribution in [-0.2, 0) is 19.2 Å². The van der Waals surface area contributed by atoms with E-state index in [2.05, 4.69) is 26.0 Å². The first kappa shape index (κ1) is 27.8. The number of fused-ring (bicyclic) bond motifs is 1. The zero-order chi connectivity index (χ0) is 28.3. The summed E-state index contributed by atoms with van der Waals surface area (Å²) in [6.07, 6.45) is 1.23. The van der Waals surface area contributed by atoms with Crippen LogP contribution in [0.15, 0.2) is 26.9 Å². The summed E-state index contributed by atoms with van der Waals surface area (Å²) in [5.74, 6) is -2.93. The lowest BCUT2D eigenvalue weighted by Gasteiger charge is -2.49. The van der Waals surface area contributed by atoms with Crippen molar-refractivity contribution < 1.29 is 29.5 Å². The second-order valence-corrected chi connectivity index (χ2v) is 10.3. The molecule has 3 aliphatic rings. The lowest BCUT2D eigenvalue weighted by atomic mass is 10.0. The number of carbonyl (C=O) groups is 4. The van der Waals surface area contributed by atoms with Crippen molar-refractivity contribution in [3.8, 4) is 0 Å². The van der Waals surface area contributed by atoms with Crippen LogP contribution < -0.4 is 22.2 Å². The number of carbonyl (C=O) groups excluding carboxylic acids is 3. The number of piperazine rings is 1. The smallest absolute Gasteiger partial charge is 0.353 e. The second kappa shape index (κ2) is 11.7. The number of carboxylic acid groups (broad SMARTS) is 1. The van der Waals surface area contributed by atoms with Crippen molar-refractivity contribution in [2.75, 3.05) is 44.2 Å². The van der Waals surface area contributed by atoms with E-state index in [0.717, 1.165) is 16.2 Å². The molecular weight excluding hydrogens is 554 g/mol. The second-order valence-electron chi connectivity index (χ2n) is 8.35. The van der Waals surface area contributed by atoms with E-state index in [1.807, 2.05) is 0 Å². The minimum Gasteiger partial charge on any atom is -0.477 e. The first-order valence-corrected chi connectivity index (χ1v) is 13.3. The molecule has 4 rings (SSSR count). The van der Waals surface area contributed by atoms with Gasteiger partial charge in [0.1, 0.15) is 22.8 Å². The van der Waals surface area contributed by atoms with Crippen LogP contribution in [0.2, 0.25) is 0 Å². The number of hydrogen-bond donors (Lipinski definition) is 7. The lowest BCUT2D eigenvalue weighted by Crippen LogP contribution is -2.71. The SMILES string of the molecule is N=C(N/N=C\C1=C(C(=O)O)N2C(=O)[C@@H](NC(=O)C(=NO)c3csc(N)n3)[C@H]2SC1)N1CCN(C(=O)CN)CC1. The largest absolute Gasteiger partial charge is 0.477 e. The number of hydrazone groups is 1. The monoisotopic (exact) mass is 579 g/mol. The molecular formula is C20H25N11O6S2. The fourth-order valence-electron chi connectivity index (χ4n) is 4.11. The molecule has 2 atom stereocenters. The van der Waals surface area contributed by atoms with Crippen LogP contribution in [0, 0.1) is 5.41 Å². The van der Waals surface area contributed by atoms with Gasteiger partial charge >= 0.3 is 5.97 Å². The summed E-state index contributed by atoms with van der Waals surface area (Å²) >= 11 is 2.25. The van der Waals surface area contributed by atoms with Gasteiger partial charge in [-0.25, -0.2) is 15.2 Å². The number of β-lactam (4-membered cyclic amide) rings is 1. The maximum absolute atomic E-state index is 12.9. The Kier molecular flexibility index (Phi) is 8.31. The van der Waals surface area contributed by atoms with Gasteiger partial charge in [0.2, 0.25) is 11.9 Å². The minimum absolute atomic E-state index is 0.0315. The summed E-state index contributed by atoms with van der Waals surface area (Å²) in [4.78, 5) is 57.4. The number of nitrogens with zero attached hydrogens (tertiary/aromatic N) is 6. The molecule has 2 fully saturated rings. The van der Waals surface area contributed by atoms with Gasteiger partial charge in [-0.3, -0.25) is 24.7 Å². The van der Waals surface area contributed by atoms with Crippen LogP contribution in [0.1, 0.15) is 5.69 Å². The Bertz CT molecular complexity index is 1290. The van der Waals surface area contributed by atoms with Crippen LogP contribution in [0.5, 0.6) is 0 Å². The third-order valence-electron chi connectivity index (χ3n) is 6.08.